The Labute approximate surface area is 182 Å². The van der Waals surface area contributed by atoms with Crippen molar-refractivity contribution < 1.29 is 14.3 Å². The Morgan fingerprint density at radius 1 is 1.27 bits per heavy atom. The number of carbonyl (C=O) groups is 1. The summed E-state index contributed by atoms with van der Waals surface area (Å²) in [6, 6.07) is 8.64. The molecule has 0 spiro atoms. The van der Waals surface area contributed by atoms with Gasteiger partial charge in [0.15, 0.2) is 0 Å². The molecule has 2 aromatic heterocycles. The van der Waals surface area contributed by atoms with E-state index in [-0.39, 0.29) is 22.8 Å². The second-order valence-electron chi connectivity index (χ2n) is 6.97. The average molecular weight is 446 g/mol. The van der Waals surface area contributed by atoms with Gasteiger partial charge in [-0.2, -0.15) is 21.1 Å². The summed E-state index contributed by atoms with van der Waals surface area (Å²) in [5, 5.41) is 8.42. The molecule has 0 saturated carbocycles. The summed E-state index contributed by atoms with van der Waals surface area (Å²) in [5.74, 6) is -0.555. The second kappa shape index (κ2) is 8.59. The van der Waals surface area contributed by atoms with Crippen molar-refractivity contribution in [3.05, 3.63) is 73.8 Å². The van der Waals surface area contributed by atoms with Gasteiger partial charge in [0.2, 0.25) is 0 Å². The molecule has 2 unspecified atom stereocenters. The molecule has 7 nitrogen and oxygen atoms in total. The Balaban J connectivity index is 1.71. The molecular weight excluding hydrogens is 426 g/mol. The van der Waals surface area contributed by atoms with E-state index in [2.05, 4.69) is 10.5 Å². The highest BCUT2D eigenvalue weighted by Gasteiger charge is 2.29. The fourth-order valence-electron chi connectivity index (χ4n) is 3.55. The number of ether oxygens (including phenoxy) is 2. The van der Waals surface area contributed by atoms with Gasteiger partial charge < -0.3 is 14.4 Å². The summed E-state index contributed by atoms with van der Waals surface area (Å²) in [5.41, 5.74) is 1.69. The number of para-hydroxylation sites is 1. The smallest absolute Gasteiger partial charge is 0.340 e. The van der Waals surface area contributed by atoms with E-state index < -0.39 is 11.5 Å². The highest BCUT2D eigenvalue weighted by atomic mass is 35.5. The van der Waals surface area contributed by atoms with E-state index in [1.165, 1.54) is 7.11 Å². The number of methoxy groups -OCH3 is 1. The van der Waals surface area contributed by atoms with Crippen LogP contribution in [0.15, 0.2) is 52.1 Å². The number of hydrogen-bond donors (Lipinski definition) is 0. The molecule has 0 amide bonds. The minimum atomic E-state index is -0.555. The number of halogens is 1. The summed E-state index contributed by atoms with van der Waals surface area (Å²) in [6.45, 7) is 3.13. The lowest BCUT2D eigenvalue weighted by atomic mass is 10.1. The molecule has 156 valence electrons. The van der Waals surface area contributed by atoms with Gasteiger partial charge in [-0.3, -0.25) is 4.79 Å². The van der Waals surface area contributed by atoms with Crippen molar-refractivity contribution in [1.82, 2.24) is 9.78 Å². The molecule has 0 radical (unpaired) electrons. The van der Waals surface area contributed by atoms with Crippen molar-refractivity contribution in [3.63, 3.8) is 0 Å². The van der Waals surface area contributed by atoms with Crippen molar-refractivity contribution in [1.29, 1.82) is 0 Å². The Bertz CT molecular complexity index is 1120. The van der Waals surface area contributed by atoms with E-state index in [1.54, 1.807) is 41.8 Å². The van der Waals surface area contributed by atoms with Crippen LogP contribution < -0.4 is 10.5 Å². The predicted molar refractivity (Wildman–Crippen MR) is 116 cm³/mol. The Hall–Kier alpha value is -2.68. The second-order valence-corrected chi connectivity index (χ2v) is 8.12. The SMILES string of the molecule is COC(=O)c1ccccc1-n1ncc(N2CC(C)OC(c3ccsc3)C2)c(Cl)c1=O. The van der Waals surface area contributed by atoms with Gasteiger partial charge in [-0.1, -0.05) is 23.7 Å². The first-order chi connectivity index (χ1) is 14.5. The minimum Gasteiger partial charge on any atom is -0.465 e. The lowest BCUT2D eigenvalue weighted by Gasteiger charge is -2.38. The number of carbonyl (C=O) groups excluding carboxylic acids is 1. The number of benzene rings is 1. The Kier molecular flexibility index (Phi) is 5.90. The molecule has 1 aliphatic heterocycles. The van der Waals surface area contributed by atoms with Gasteiger partial charge in [0, 0.05) is 13.1 Å². The molecule has 30 heavy (non-hydrogen) atoms. The first-order valence-electron chi connectivity index (χ1n) is 9.37. The Morgan fingerprint density at radius 3 is 2.80 bits per heavy atom. The number of rotatable bonds is 4. The van der Waals surface area contributed by atoms with E-state index >= 15 is 0 Å². The third-order valence-corrected chi connectivity index (χ3v) is 6.01. The Morgan fingerprint density at radius 2 is 2.07 bits per heavy atom. The fourth-order valence-corrected chi connectivity index (χ4v) is 4.50. The van der Waals surface area contributed by atoms with Gasteiger partial charge in [0.05, 0.1) is 36.3 Å². The van der Waals surface area contributed by atoms with Crippen LogP contribution in [0, 0.1) is 0 Å². The number of nitrogens with zero attached hydrogens (tertiary/aromatic N) is 3. The third-order valence-electron chi connectivity index (χ3n) is 4.95. The van der Waals surface area contributed by atoms with Crippen molar-refractivity contribution in [3.8, 4) is 5.69 Å². The quantitative estimate of drug-likeness (QED) is 0.570. The fraction of sp³-hybridized carbons (Fsp3) is 0.286. The number of esters is 1. The average Bonchev–Trinajstić information content (AvgIpc) is 3.30. The molecule has 2 atom stereocenters. The summed E-state index contributed by atoms with van der Waals surface area (Å²) < 4.78 is 12.0. The van der Waals surface area contributed by atoms with Crippen LogP contribution in [-0.4, -0.2) is 42.1 Å². The van der Waals surface area contributed by atoms with E-state index in [4.69, 9.17) is 21.1 Å². The minimum absolute atomic E-state index is 0.0396. The zero-order valence-corrected chi connectivity index (χ0v) is 18.0. The number of hydrogen-bond acceptors (Lipinski definition) is 7. The maximum atomic E-state index is 13.0. The molecule has 1 saturated heterocycles. The molecule has 1 aliphatic rings. The first kappa shape index (κ1) is 20.6. The van der Waals surface area contributed by atoms with Crippen LogP contribution in [0.1, 0.15) is 28.9 Å². The van der Waals surface area contributed by atoms with Crippen molar-refractivity contribution >= 4 is 34.6 Å². The van der Waals surface area contributed by atoms with Gasteiger partial charge in [-0.25, -0.2) is 4.79 Å². The molecule has 9 heteroatoms. The zero-order chi connectivity index (χ0) is 21.3. The van der Waals surface area contributed by atoms with Crippen LogP contribution in [0.2, 0.25) is 5.02 Å². The number of aromatic nitrogens is 2. The summed E-state index contributed by atoms with van der Waals surface area (Å²) in [4.78, 5) is 27.1. The lowest BCUT2D eigenvalue weighted by Crippen LogP contribution is -2.43. The number of thiophene rings is 1. The standard InChI is InChI=1S/C21H20ClN3O4S/c1-13-10-24(11-18(29-13)14-7-8-30-12-14)17-9-23-25(20(26)19(17)22)16-6-4-3-5-15(16)21(27)28-2/h3-9,12-13,18H,10-11H2,1-2H3. The van der Waals surface area contributed by atoms with Crippen LogP contribution >= 0.6 is 22.9 Å². The molecule has 1 fully saturated rings. The monoisotopic (exact) mass is 445 g/mol. The van der Waals surface area contributed by atoms with Gasteiger partial charge in [-0.05, 0) is 41.4 Å². The molecule has 0 bridgehead atoms. The predicted octanol–water partition coefficient (Wildman–Crippen LogP) is 3.70. The molecular formula is C21H20ClN3O4S. The largest absolute Gasteiger partial charge is 0.465 e. The van der Waals surface area contributed by atoms with Crippen LogP contribution in [0.3, 0.4) is 0 Å². The highest BCUT2D eigenvalue weighted by Crippen LogP contribution is 2.32. The van der Waals surface area contributed by atoms with Gasteiger partial charge >= 0.3 is 5.97 Å². The van der Waals surface area contributed by atoms with Crippen LogP contribution in [0.4, 0.5) is 5.69 Å². The van der Waals surface area contributed by atoms with Crippen molar-refractivity contribution in [2.75, 3.05) is 25.1 Å². The van der Waals surface area contributed by atoms with Gasteiger partial charge in [0.25, 0.3) is 5.56 Å². The molecule has 1 aromatic carbocycles. The molecule has 0 N–H and O–H groups in total. The van der Waals surface area contributed by atoms with Gasteiger partial charge in [-0.15, -0.1) is 0 Å². The van der Waals surface area contributed by atoms with Crippen molar-refractivity contribution in [2.24, 2.45) is 0 Å². The summed E-state index contributed by atoms with van der Waals surface area (Å²) >= 11 is 8.11. The van der Waals surface area contributed by atoms with E-state index in [1.807, 2.05) is 23.3 Å². The first-order valence-corrected chi connectivity index (χ1v) is 10.7. The number of anilines is 1. The molecule has 4 rings (SSSR count). The maximum absolute atomic E-state index is 13.0. The molecule has 3 heterocycles. The highest BCUT2D eigenvalue weighted by molar-refractivity contribution is 7.07. The number of morpholine rings is 1. The normalized spacial score (nSPS) is 19.0. The lowest BCUT2D eigenvalue weighted by molar-refractivity contribution is -0.0171. The summed E-state index contributed by atoms with van der Waals surface area (Å²) in [6.07, 6.45) is 1.40. The van der Waals surface area contributed by atoms with Gasteiger partial charge in [0.1, 0.15) is 11.1 Å². The molecule has 3 aromatic rings. The zero-order valence-electron chi connectivity index (χ0n) is 16.4. The maximum Gasteiger partial charge on any atom is 0.340 e. The van der Waals surface area contributed by atoms with Crippen molar-refractivity contribution in [2.45, 2.75) is 19.1 Å². The molecule has 0 aliphatic carbocycles. The van der Waals surface area contributed by atoms with E-state index in [0.29, 0.717) is 24.5 Å². The van der Waals surface area contributed by atoms with E-state index in [0.717, 1.165) is 10.2 Å². The van der Waals surface area contributed by atoms with Crippen LogP contribution in [0.5, 0.6) is 0 Å². The topological polar surface area (TPSA) is 73.7 Å². The van der Waals surface area contributed by atoms with E-state index in [9.17, 15) is 9.59 Å². The van der Waals surface area contributed by atoms with Crippen LogP contribution in [0.25, 0.3) is 5.69 Å². The summed E-state index contributed by atoms with van der Waals surface area (Å²) in [7, 11) is 1.29. The van der Waals surface area contributed by atoms with Crippen LogP contribution in [-0.2, 0) is 9.47 Å². The third kappa shape index (κ3) is 3.86.